The zero-order chi connectivity index (χ0) is 35.3. The van der Waals surface area contributed by atoms with E-state index in [1.165, 1.54) is 22.3 Å². The molecule has 8 nitrogen and oxygen atoms in total. The zero-order valence-corrected chi connectivity index (χ0v) is 19.4. The molecule has 0 aliphatic carbocycles. The number of carbonyl (C=O) groups is 3. The fourth-order valence-corrected chi connectivity index (χ4v) is 4.20. The molecule has 0 spiro atoms. The number of nitrogens with zero attached hydrogens (tertiary/aromatic N) is 2. The molecule has 3 aliphatic rings. The number of imide groups is 1. The second-order valence-electron chi connectivity index (χ2n) is 8.58. The molecule has 0 saturated carbocycles. The van der Waals surface area contributed by atoms with Crippen molar-refractivity contribution in [2.45, 2.75) is 64.3 Å². The maximum atomic E-state index is 15.3. The number of anilines is 1. The van der Waals surface area contributed by atoms with E-state index >= 15 is 4.39 Å². The third kappa shape index (κ3) is 4.99. The Kier molecular flexibility index (Phi) is 4.01. The van der Waals surface area contributed by atoms with Crippen LogP contribution in [-0.4, -0.2) is 58.8 Å². The Morgan fingerprint density at radius 3 is 2.78 bits per heavy atom. The SMILES string of the molecule is [2H]C([2H])(Nc1cccc2c1C([2H])([2H])N(C1([2H])C(=O)NC(=O)C([2H])([2H])C1([2H])[2H])C2=O)c1cc(C([2H])([2H])N2CC(C)OC(C)C2)ccc1F. The number of nitrogens with one attached hydrogen (secondary N) is 2. The Balaban J connectivity index is 1.55. The molecule has 3 aliphatic heterocycles. The summed E-state index contributed by atoms with van der Waals surface area (Å²) in [6, 6.07) is 2.76. The number of carbonyl (C=O) groups excluding carboxylic acids is 3. The molecule has 0 bridgehead atoms. The minimum absolute atomic E-state index is 0.0821. The van der Waals surface area contributed by atoms with Crippen molar-refractivity contribution in [2.24, 2.45) is 0 Å². The van der Waals surface area contributed by atoms with Crippen molar-refractivity contribution in [3.63, 3.8) is 0 Å². The van der Waals surface area contributed by atoms with Gasteiger partial charge in [0.1, 0.15) is 11.8 Å². The predicted octanol–water partition coefficient (Wildman–Crippen LogP) is 2.81. The fourth-order valence-electron chi connectivity index (χ4n) is 4.20. The normalized spacial score (nSPS) is 36.1. The average Bonchev–Trinajstić information content (AvgIpc) is 3.16. The number of ether oxygens (including phenoxy) is 1. The number of benzene rings is 2. The van der Waals surface area contributed by atoms with Gasteiger partial charge < -0.3 is 15.0 Å². The van der Waals surface area contributed by atoms with Crippen LogP contribution in [0.1, 0.15) is 68.7 Å². The molecule has 2 saturated heterocycles. The standard InChI is InChI=1S/C27H31FN4O4/c1-16-12-31(13-17(2)36-16)14-18-6-7-22(28)19(10-18)11-29-23-5-3-4-20-21(23)15-32(27(20)35)24-8-9-25(33)30-26(24)34/h3-7,10,16-17,24,29H,8-9,11-15H2,1-2H3,(H,30,33,34)/i8D2,9D2,11D2,14D2,15D2,24D. The van der Waals surface area contributed by atoms with Crippen LogP contribution in [0, 0.1) is 5.82 Å². The summed E-state index contributed by atoms with van der Waals surface area (Å²) < 4.78 is 115. The first-order valence-corrected chi connectivity index (χ1v) is 11.3. The van der Waals surface area contributed by atoms with Crippen molar-refractivity contribution in [1.82, 2.24) is 15.1 Å². The highest BCUT2D eigenvalue weighted by Gasteiger charge is 2.39. The summed E-state index contributed by atoms with van der Waals surface area (Å²) in [5.74, 6) is -6.02. The van der Waals surface area contributed by atoms with Gasteiger partial charge in [-0.1, -0.05) is 12.1 Å². The van der Waals surface area contributed by atoms with E-state index in [2.05, 4.69) is 5.32 Å². The van der Waals surface area contributed by atoms with Crippen LogP contribution in [0.3, 0.4) is 0 Å². The van der Waals surface area contributed by atoms with Gasteiger partial charge in [-0.25, -0.2) is 4.39 Å². The van der Waals surface area contributed by atoms with Crippen molar-refractivity contribution < 1.29 is 38.6 Å². The molecule has 2 aromatic rings. The van der Waals surface area contributed by atoms with Gasteiger partial charge >= 0.3 is 0 Å². The summed E-state index contributed by atoms with van der Waals surface area (Å²) in [7, 11) is 0. The number of rotatable bonds is 6. The van der Waals surface area contributed by atoms with E-state index in [0.717, 1.165) is 24.3 Å². The third-order valence-corrected chi connectivity index (χ3v) is 5.69. The Morgan fingerprint density at radius 1 is 1.22 bits per heavy atom. The van der Waals surface area contributed by atoms with Crippen LogP contribution in [-0.2, 0) is 33.8 Å². The smallest absolute Gasteiger partial charge is 0.255 e. The second kappa shape index (κ2) is 9.99. The maximum Gasteiger partial charge on any atom is 0.255 e. The lowest BCUT2D eigenvalue weighted by Gasteiger charge is -2.35. The van der Waals surface area contributed by atoms with Crippen LogP contribution in [0.15, 0.2) is 36.4 Å². The number of morpholine rings is 1. The van der Waals surface area contributed by atoms with Crippen molar-refractivity contribution in [1.29, 1.82) is 0 Å². The number of piperidine rings is 1. The van der Waals surface area contributed by atoms with Crippen LogP contribution >= 0.6 is 0 Å². The van der Waals surface area contributed by atoms with Crippen molar-refractivity contribution in [2.75, 3.05) is 18.4 Å². The molecule has 9 heteroatoms. The van der Waals surface area contributed by atoms with E-state index in [-0.39, 0.29) is 35.8 Å². The highest BCUT2D eigenvalue weighted by Crippen LogP contribution is 2.32. The first-order chi connectivity index (χ1) is 21.4. The van der Waals surface area contributed by atoms with Crippen LogP contribution in [0.5, 0.6) is 0 Å². The first kappa shape index (κ1) is 14.4. The highest BCUT2D eigenvalue weighted by atomic mass is 19.1. The highest BCUT2D eigenvalue weighted by molar-refractivity contribution is 6.06. The Hall–Kier alpha value is -3.30. The van der Waals surface area contributed by atoms with Gasteiger partial charge in [0, 0.05) is 69.6 Å². The van der Waals surface area contributed by atoms with Crippen LogP contribution in [0.25, 0.3) is 0 Å². The van der Waals surface area contributed by atoms with E-state index in [1.807, 2.05) is 0 Å². The second-order valence-corrected chi connectivity index (χ2v) is 8.58. The monoisotopic (exact) mass is 505 g/mol. The Labute approximate surface area is 225 Å². The first-order valence-electron chi connectivity index (χ1n) is 16.8. The zero-order valence-electron chi connectivity index (χ0n) is 30.4. The molecule has 0 aromatic heterocycles. The third-order valence-electron chi connectivity index (χ3n) is 5.69. The lowest BCUT2D eigenvalue weighted by molar-refractivity contribution is -0.136. The molecule has 3 unspecified atom stereocenters. The van der Waals surface area contributed by atoms with E-state index < -0.39 is 84.2 Å². The van der Waals surface area contributed by atoms with E-state index in [4.69, 9.17) is 19.8 Å². The molecule has 36 heavy (non-hydrogen) atoms. The lowest BCUT2D eigenvalue weighted by atomic mass is 10.0. The molecular weight excluding hydrogens is 463 g/mol. The molecule has 3 amide bonds. The average molecular weight is 506 g/mol. The van der Waals surface area contributed by atoms with Crippen molar-refractivity contribution in [3.8, 4) is 0 Å². The van der Waals surface area contributed by atoms with Gasteiger partial charge in [0.05, 0.1) is 19.1 Å². The van der Waals surface area contributed by atoms with Crippen LogP contribution in [0.4, 0.5) is 10.1 Å². The molecule has 190 valence electrons. The number of hydrogen-bond donors (Lipinski definition) is 2. The number of fused-ring (bicyclic) bond motifs is 1. The van der Waals surface area contributed by atoms with Gasteiger partial charge in [-0.15, -0.1) is 0 Å². The number of amides is 3. The largest absolute Gasteiger partial charge is 0.381 e. The Morgan fingerprint density at radius 2 is 2.00 bits per heavy atom. The minimum atomic E-state index is -3.77. The summed E-state index contributed by atoms with van der Waals surface area (Å²) in [5, 5.41) is 3.86. The van der Waals surface area contributed by atoms with Gasteiger partial charge in [0.2, 0.25) is 11.8 Å². The summed E-state index contributed by atoms with van der Waals surface area (Å²) in [6.45, 7) is -4.42. The maximum absolute atomic E-state index is 15.3. The van der Waals surface area contributed by atoms with Crippen LogP contribution < -0.4 is 10.6 Å². The van der Waals surface area contributed by atoms with E-state index in [1.54, 1.807) is 13.8 Å². The fraction of sp³-hybridized carbons (Fsp3) is 0.444. The van der Waals surface area contributed by atoms with Gasteiger partial charge in [-0.2, -0.15) is 0 Å². The molecule has 2 fully saturated rings. The molecule has 3 heterocycles. The number of hydrogen-bond acceptors (Lipinski definition) is 6. The molecule has 2 aromatic carbocycles. The van der Waals surface area contributed by atoms with Gasteiger partial charge in [-0.3, -0.25) is 24.6 Å². The predicted molar refractivity (Wildman–Crippen MR) is 131 cm³/mol. The minimum Gasteiger partial charge on any atom is -0.381 e. The molecule has 2 N–H and O–H groups in total. The lowest BCUT2D eigenvalue weighted by Crippen LogP contribution is -2.52. The van der Waals surface area contributed by atoms with Crippen LogP contribution in [0.2, 0.25) is 0 Å². The van der Waals surface area contributed by atoms with Crippen molar-refractivity contribution >= 4 is 23.4 Å². The quantitative estimate of drug-likeness (QED) is 0.587. The summed E-state index contributed by atoms with van der Waals surface area (Å²) in [6.07, 6.45) is -7.95. The number of halogens is 1. The molecule has 0 radical (unpaired) electrons. The van der Waals surface area contributed by atoms with E-state index in [9.17, 15) is 14.4 Å². The summed E-state index contributed by atoms with van der Waals surface area (Å²) in [5.41, 5.74) is -2.41. The van der Waals surface area contributed by atoms with Gasteiger partial charge in [-0.05, 0) is 50.0 Å². The van der Waals surface area contributed by atoms with Crippen molar-refractivity contribution in [3.05, 3.63) is 64.5 Å². The Bertz CT molecular complexity index is 1670. The van der Waals surface area contributed by atoms with Gasteiger partial charge in [0.15, 0.2) is 0 Å². The van der Waals surface area contributed by atoms with E-state index in [0.29, 0.717) is 0 Å². The topological polar surface area (TPSA) is 91.0 Å². The summed E-state index contributed by atoms with van der Waals surface area (Å²) in [4.78, 5) is 40.1. The van der Waals surface area contributed by atoms with Gasteiger partial charge in [0.25, 0.3) is 5.91 Å². The molecule has 3 atom stereocenters. The molecule has 5 rings (SSSR count). The summed E-state index contributed by atoms with van der Waals surface area (Å²) >= 11 is 0. The molecular formula is C27H31FN4O4.